The molecule has 0 aliphatic carbocycles. The van der Waals surface area contributed by atoms with Crippen LogP contribution in [0.3, 0.4) is 0 Å². The van der Waals surface area contributed by atoms with E-state index in [1.165, 1.54) is 250 Å². The molecule has 0 N–H and O–H groups in total. The van der Waals surface area contributed by atoms with Gasteiger partial charge in [0.05, 0.1) is 19.8 Å². The van der Waals surface area contributed by atoms with Crippen LogP contribution < -0.4 is 18.9 Å². The number of unbranched alkanes of at least 4 members (excludes halogenated alkanes) is 45. The van der Waals surface area contributed by atoms with Crippen molar-refractivity contribution in [1.29, 1.82) is 0 Å². The summed E-state index contributed by atoms with van der Waals surface area (Å²) >= 11 is 0. The van der Waals surface area contributed by atoms with Crippen LogP contribution in [0.15, 0.2) is 12.1 Å². The lowest BCUT2D eigenvalue weighted by molar-refractivity contribution is 0.0885. The van der Waals surface area contributed by atoms with Gasteiger partial charge in [0.1, 0.15) is 6.61 Å². The Kier molecular flexibility index (Phi) is 47.0. The summed E-state index contributed by atoms with van der Waals surface area (Å²) in [5.74, 6) is -11.8. The van der Waals surface area contributed by atoms with E-state index >= 15 is 0 Å². The number of carbonyl (C=O) groups excluding carboxylic acids is 1. The second-order valence-electron chi connectivity index (χ2n) is 22.9. The Morgan fingerprint density at radius 1 is 0.304 bits per heavy atom. The molecule has 0 radical (unpaired) electrons. The highest BCUT2D eigenvalue weighted by atomic mass is 19.2. The number of ether oxygens (including phenoxy) is 5. The van der Waals surface area contributed by atoms with Crippen LogP contribution in [-0.2, 0) is 11.3 Å². The number of carbonyl (C=O) groups is 1. The first-order valence-corrected chi connectivity index (χ1v) is 33.2. The number of halogens is 5. The molecule has 0 saturated heterocycles. The van der Waals surface area contributed by atoms with Gasteiger partial charge in [-0.15, -0.1) is 0 Å². The molecule has 79 heavy (non-hydrogen) atoms. The highest BCUT2D eigenvalue weighted by Crippen LogP contribution is 2.40. The number of benzene rings is 2. The highest BCUT2D eigenvalue weighted by molar-refractivity contribution is 5.64. The van der Waals surface area contributed by atoms with Gasteiger partial charge in [-0.25, -0.2) is 18.0 Å². The van der Waals surface area contributed by atoms with Crippen LogP contribution in [0, 0.1) is 29.1 Å². The van der Waals surface area contributed by atoms with Crippen LogP contribution in [-0.4, -0.2) is 26.0 Å². The zero-order valence-corrected chi connectivity index (χ0v) is 50.8. The summed E-state index contributed by atoms with van der Waals surface area (Å²) in [4.78, 5) is 12.7. The van der Waals surface area contributed by atoms with E-state index in [9.17, 15) is 26.7 Å². The van der Waals surface area contributed by atoms with E-state index in [2.05, 4.69) is 25.5 Å². The van der Waals surface area contributed by atoms with E-state index in [1.54, 1.807) is 12.1 Å². The summed E-state index contributed by atoms with van der Waals surface area (Å²) in [5.41, 5.74) is 0.410. The molecule has 0 aliphatic rings. The van der Waals surface area contributed by atoms with Crippen molar-refractivity contribution in [2.75, 3.05) is 19.8 Å². The predicted octanol–water partition coefficient (Wildman–Crippen LogP) is 24.0. The lowest BCUT2D eigenvalue weighted by Crippen LogP contribution is -2.15. The largest absolute Gasteiger partial charge is 0.514 e. The molecule has 0 heterocycles. The maximum absolute atomic E-state index is 14.4. The molecule has 0 aliphatic heterocycles. The minimum atomic E-state index is -2.35. The molecule has 0 amide bonds. The lowest BCUT2D eigenvalue weighted by Gasteiger charge is -2.19. The molecule has 6 nitrogen and oxygen atoms in total. The Hall–Kier alpha value is -3.24. The summed E-state index contributed by atoms with van der Waals surface area (Å²) in [6.07, 6.45) is 59.1. The van der Waals surface area contributed by atoms with Crippen LogP contribution in [0.2, 0.25) is 0 Å². The second-order valence-corrected chi connectivity index (χ2v) is 22.9. The van der Waals surface area contributed by atoms with Gasteiger partial charge in [0.15, 0.2) is 11.5 Å². The Morgan fingerprint density at radius 2 is 0.532 bits per heavy atom. The zero-order valence-electron chi connectivity index (χ0n) is 50.8. The topological polar surface area (TPSA) is 63.2 Å². The fraction of sp³-hybridized carbons (Fsp3) is 0.809. The van der Waals surface area contributed by atoms with E-state index < -0.39 is 47.6 Å². The van der Waals surface area contributed by atoms with Crippen LogP contribution in [0.4, 0.5) is 26.7 Å². The molecule has 0 unspecified atom stereocenters. The van der Waals surface area contributed by atoms with Crippen molar-refractivity contribution in [3.63, 3.8) is 0 Å². The Labute approximate surface area is 479 Å². The molecule has 2 rings (SSSR count). The number of rotatable bonds is 57. The fourth-order valence-corrected chi connectivity index (χ4v) is 10.5. The van der Waals surface area contributed by atoms with E-state index in [1.807, 2.05) is 0 Å². The van der Waals surface area contributed by atoms with Gasteiger partial charge in [-0.1, -0.05) is 310 Å². The molecular weight excluding hydrogens is 1010 g/mol. The van der Waals surface area contributed by atoms with E-state index in [0.717, 1.165) is 57.8 Å². The van der Waals surface area contributed by atoms with Crippen molar-refractivity contribution in [1.82, 2.24) is 0 Å². The van der Waals surface area contributed by atoms with E-state index in [-0.39, 0.29) is 0 Å². The molecule has 458 valence electrons. The van der Waals surface area contributed by atoms with Gasteiger partial charge in [0, 0.05) is 0 Å². The molecular formula is C68H115F5O6. The second kappa shape index (κ2) is 51.6. The van der Waals surface area contributed by atoms with Gasteiger partial charge in [-0.05, 0) is 37.0 Å². The Morgan fingerprint density at radius 3 is 0.797 bits per heavy atom. The molecule has 0 aromatic heterocycles. The number of hydrogen-bond donors (Lipinski definition) is 0. The van der Waals surface area contributed by atoms with E-state index in [4.69, 9.17) is 18.9 Å². The standard InChI is InChI=1S/C68H115F5O6/c1-4-7-10-13-16-19-22-25-28-31-34-37-40-43-46-49-52-75-59-55-58(57-78-68(74)79-67-64(72)62(70)61(69)63(71)65(67)73)56-60(76-53-50-47-44-41-38-35-32-29-26-23-20-17-14-11-8-5-2)66(59)77-54-51-48-45-42-39-36-33-30-27-24-21-18-15-12-9-6-3/h55-56H,4-54,57H2,1-3H3. The molecule has 0 atom stereocenters. The Bertz CT molecular complexity index is 1650. The summed E-state index contributed by atoms with van der Waals surface area (Å²) < 4.78 is 99.3. The third kappa shape index (κ3) is 37.5. The molecule has 0 fully saturated rings. The van der Waals surface area contributed by atoms with Crippen molar-refractivity contribution in [2.24, 2.45) is 0 Å². The SMILES string of the molecule is CCCCCCCCCCCCCCCCCCOc1cc(COC(=O)Oc2c(F)c(F)c(F)c(F)c2F)cc(OCCCCCCCCCCCCCCCCCC)c1OCCCCCCCCCCCCCCCCCC. The van der Waals surface area contributed by atoms with Crippen LogP contribution >= 0.6 is 0 Å². The zero-order chi connectivity index (χ0) is 57.1. The lowest BCUT2D eigenvalue weighted by atomic mass is 10.0. The number of hydrogen-bond acceptors (Lipinski definition) is 6. The summed E-state index contributed by atoms with van der Waals surface area (Å²) in [6.45, 7) is 7.66. The maximum atomic E-state index is 14.4. The highest BCUT2D eigenvalue weighted by Gasteiger charge is 2.29. The fourth-order valence-electron chi connectivity index (χ4n) is 10.5. The average Bonchev–Trinajstić information content (AvgIpc) is 3.50. The van der Waals surface area contributed by atoms with Gasteiger partial charge in [-0.2, -0.15) is 8.78 Å². The van der Waals surface area contributed by atoms with Gasteiger partial charge in [0.25, 0.3) is 0 Å². The summed E-state index contributed by atoms with van der Waals surface area (Å²) in [6, 6.07) is 3.37. The van der Waals surface area contributed by atoms with Gasteiger partial charge in [-0.3, -0.25) is 0 Å². The normalized spacial score (nSPS) is 11.4. The minimum Gasteiger partial charge on any atom is -0.490 e. The van der Waals surface area contributed by atoms with Crippen LogP contribution in [0.5, 0.6) is 23.0 Å². The van der Waals surface area contributed by atoms with Gasteiger partial charge in [0.2, 0.25) is 40.6 Å². The van der Waals surface area contributed by atoms with Gasteiger partial charge >= 0.3 is 6.16 Å². The molecule has 2 aromatic carbocycles. The molecule has 11 heteroatoms. The van der Waals surface area contributed by atoms with Crippen molar-refractivity contribution in [2.45, 2.75) is 336 Å². The summed E-state index contributed by atoms with van der Waals surface area (Å²) in [7, 11) is 0. The molecule has 0 saturated carbocycles. The smallest absolute Gasteiger partial charge is 0.490 e. The third-order valence-corrected chi connectivity index (χ3v) is 15.5. The quantitative estimate of drug-likeness (QED) is 0.0164. The van der Waals surface area contributed by atoms with Crippen molar-refractivity contribution < 1.29 is 50.4 Å². The Balaban J connectivity index is 2.01. The average molecular weight is 1120 g/mol. The molecule has 0 spiro atoms. The predicted molar refractivity (Wildman–Crippen MR) is 319 cm³/mol. The van der Waals surface area contributed by atoms with Crippen LogP contribution in [0.1, 0.15) is 335 Å². The van der Waals surface area contributed by atoms with Crippen molar-refractivity contribution in [3.8, 4) is 23.0 Å². The monoisotopic (exact) mass is 1120 g/mol. The first kappa shape index (κ1) is 71.9. The van der Waals surface area contributed by atoms with Crippen molar-refractivity contribution >= 4 is 6.16 Å². The van der Waals surface area contributed by atoms with Crippen LogP contribution in [0.25, 0.3) is 0 Å². The van der Waals surface area contributed by atoms with Gasteiger partial charge < -0.3 is 23.7 Å². The van der Waals surface area contributed by atoms with E-state index in [0.29, 0.717) is 42.6 Å². The maximum Gasteiger partial charge on any atom is 0.514 e. The third-order valence-electron chi connectivity index (χ3n) is 15.5. The van der Waals surface area contributed by atoms with Crippen molar-refractivity contribution in [3.05, 3.63) is 46.8 Å². The molecule has 2 aromatic rings. The molecule has 0 bridgehead atoms. The minimum absolute atomic E-state index is 0.410. The first-order chi connectivity index (χ1) is 38.7. The first-order valence-electron chi connectivity index (χ1n) is 33.2. The summed E-state index contributed by atoms with van der Waals surface area (Å²) in [5, 5.41) is 0.